The van der Waals surface area contributed by atoms with Gasteiger partial charge in [-0.1, -0.05) is 12.2 Å². The molecule has 0 aromatic heterocycles. The maximum absolute atomic E-state index is 4.90. The largest absolute Gasteiger partial charge is 0.331 e. The first-order valence-corrected chi connectivity index (χ1v) is 2.05. The van der Waals surface area contributed by atoms with Crippen molar-refractivity contribution in [3.63, 3.8) is 0 Å². The van der Waals surface area contributed by atoms with Gasteiger partial charge in [-0.3, -0.25) is 5.84 Å². The quantitative estimate of drug-likeness (QED) is 0.300. The Bertz CT molecular complexity index is 84.1. The van der Waals surface area contributed by atoms with Crippen molar-refractivity contribution in [3.05, 3.63) is 24.4 Å². The summed E-state index contributed by atoms with van der Waals surface area (Å²) >= 11 is 0. The van der Waals surface area contributed by atoms with Crippen LogP contribution >= 0.6 is 0 Å². The number of hydrazine groups is 1. The zero-order chi connectivity index (χ0) is 5.70. The first kappa shape index (κ1) is 6.24. The monoisotopic (exact) mass is 98.1 g/mol. The standard InChI is InChI=1S/C5H10N2/c1-5(2)3-4-7-6/h3-4,7H,1,6H2,2H3/b4-3-. The van der Waals surface area contributed by atoms with Crippen LogP contribution in [0.2, 0.25) is 0 Å². The van der Waals surface area contributed by atoms with Crippen molar-refractivity contribution in [2.45, 2.75) is 6.92 Å². The van der Waals surface area contributed by atoms with E-state index in [9.17, 15) is 0 Å². The third-order valence-corrected chi connectivity index (χ3v) is 0.464. The molecule has 0 aliphatic rings. The second kappa shape index (κ2) is 3.43. The van der Waals surface area contributed by atoms with Crippen LogP contribution in [0.3, 0.4) is 0 Å². The Morgan fingerprint density at radius 1 is 1.86 bits per heavy atom. The third kappa shape index (κ3) is 5.24. The maximum atomic E-state index is 4.90. The molecule has 3 N–H and O–H groups in total. The minimum absolute atomic E-state index is 0.984. The SMILES string of the molecule is C=C(C)/C=C\NN. The number of nitrogens with one attached hydrogen (secondary N) is 1. The Labute approximate surface area is 43.7 Å². The summed E-state index contributed by atoms with van der Waals surface area (Å²) in [6, 6.07) is 0. The number of rotatable bonds is 2. The van der Waals surface area contributed by atoms with Crippen molar-refractivity contribution < 1.29 is 0 Å². The van der Waals surface area contributed by atoms with E-state index in [1.807, 2.05) is 6.92 Å². The van der Waals surface area contributed by atoms with Crippen molar-refractivity contribution in [1.82, 2.24) is 5.43 Å². The minimum atomic E-state index is 0.984. The van der Waals surface area contributed by atoms with E-state index in [0.29, 0.717) is 0 Å². The summed E-state index contributed by atoms with van der Waals surface area (Å²) in [7, 11) is 0. The fourth-order valence-electron chi connectivity index (χ4n) is 0.190. The molecule has 0 aromatic carbocycles. The number of hydrogen-bond donors (Lipinski definition) is 2. The van der Waals surface area contributed by atoms with Gasteiger partial charge in [-0.25, -0.2) is 0 Å². The van der Waals surface area contributed by atoms with Crippen LogP contribution in [0.1, 0.15) is 6.92 Å². The molecule has 0 unspecified atom stereocenters. The zero-order valence-corrected chi connectivity index (χ0v) is 4.44. The molecule has 0 rings (SSSR count). The molecule has 0 aliphatic carbocycles. The lowest BCUT2D eigenvalue weighted by molar-refractivity contribution is 0.966. The van der Waals surface area contributed by atoms with Crippen molar-refractivity contribution >= 4 is 0 Å². The highest BCUT2D eigenvalue weighted by Crippen LogP contribution is 1.84. The molecule has 0 aliphatic heterocycles. The van der Waals surface area contributed by atoms with Gasteiger partial charge in [-0.2, -0.15) is 0 Å². The van der Waals surface area contributed by atoms with Gasteiger partial charge in [0.2, 0.25) is 0 Å². The molecule has 0 spiro atoms. The molecular formula is C5H10N2. The van der Waals surface area contributed by atoms with Crippen LogP contribution in [0.25, 0.3) is 0 Å². The van der Waals surface area contributed by atoms with Crippen LogP contribution < -0.4 is 11.3 Å². The second-order valence-electron chi connectivity index (χ2n) is 1.35. The van der Waals surface area contributed by atoms with Crippen molar-refractivity contribution in [2.75, 3.05) is 0 Å². The normalized spacial score (nSPS) is 9.43. The summed E-state index contributed by atoms with van der Waals surface area (Å²) in [6.07, 6.45) is 3.42. The topological polar surface area (TPSA) is 38.0 Å². The molecule has 0 saturated carbocycles. The number of allylic oxidation sites excluding steroid dienone is 2. The number of hydrogen-bond acceptors (Lipinski definition) is 2. The highest BCUT2D eigenvalue weighted by atomic mass is 15.2. The molecule has 0 heterocycles. The average Bonchev–Trinajstić information content (AvgIpc) is 1.61. The molecule has 0 atom stereocenters. The van der Waals surface area contributed by atoms with E-state index in [1.54, 1.807) is 12.3 Å². The van der Waals surface area contributed by atoms with Crippen LogP contribution in [-0.2, 0) is 0 Å². The second-order valence-corrected chi connectivity index (χ2v) is 1.35. The van der Waals surface area contributed by atoms with Gasteiger partial charge in [0.05, 0.1) is 0 Å². The van der Waals surface area contributed by atoms with E-state index in [1.165, 1.54) is 0 Å². The highest BCUT2D eigenvalue weighted by Gasteiger charge is 1.66. The van der Waals surface area contributed by atoms with Crippen LogP contribution in [-0.4, -0.2) is 0 Å². The number of nitrogens with two attached hydrogens (primary N) is 1. The molecule has 0 fully saturated rings. The van der Waals surface area contributed by atoms with E-state index >= 15 is 0 Å². The first-order chi connectivity index (χ1) is 3.27. The van der Waals surface area contributed by atoms with Gasteiger partial charge in [0.25, 0.3) is 0 Å². The van der Waals surface area contributed by atoms with Crippen LogP contribution in [0.4, 0.5) is 0 Å². The van der Waals surface area contributed by atoms with Gasteiger partial charge in [0.15, 0.2) is 0 Å². The summed E-state index contributed by atoms with van der Waals surface area (Å²) < 4.78 is 0. The van der Waals surface area contributed by atoms with E-state index in [-0.39, 0.29) is 0 Å². The van der Waals surface area contributed by atoms with Crippen molar-refractivity contribution in [2.24, 2.45) is 5.84 Å². The molecule has 0 amide bonds. The van der Waals surface area contributed by atoms with Gasteiger partial charge in [0.1, 0.15) is 0 Å². The fourth-order valence-corrected chi connectivity index (χ4v) is 0.190. The Morgan fingerprint density at radius 2 is 2.43 bits per heavy atom. The van der Waals surface area contributed by atoms with E-state index in [0.717, 1.165) is 5.57 Å². The van der Waals surface area contributed by atoms with Gasteiger partial charge < -0.3 is 5.43 Å². The molecule has 2 nitrogen and oxygen atoms in total. The Balaban J connectivity index is 3.26. The Morgan fingerprint density at radius 3 is 2.57 bits per heavy atom. The van der Waals surface area contributed by atoms with E-state index < -0.39 is 0 Å². The zero-order valence-electron chi connectivity index (χ0n) is 4.44. The van der Waals surface area contributed by atoms with Gasteiger partial charge in [0, 0.05) is 6.20 Å². The minimum Gasteiger partial charge on any atom is -0.331 e. The van der Waals surface area contributed by atoms with E-state index in [4.69, 9.17) is 5.84 Å². The lowest BCUT2D eigenvalue weighted by Crippen LogP contribution is -2.12. The summed E-state index contributed by atoms with van der Waals surface area (Å²) in [6.45, 7) is 5.51. The average molecular weight is 98.1 g/mol. The molecule has 0 bridgehead atoms. The van der Waals surface area contributed by atoms with Crippen LogP contribution in [0.5, 0.6) is 0 Å². The summed E-state index contributed by atoms with van der Waals surface area (Å²) in [4.78, 5) is 0. The van der Waals surface area contributed by atoms with Gasteiger partial charge >= 0.3 is 0 Å². The Hall–Kier alpha value is -0.760. The lowest BCUT2D eigenvalue weighted by atomic mass is 10.3. The molecule has 7 heavy (non-hydrogen) atoms. The summed E-state index contributed by atoms with van der Waals surface area (Å²) in [5.74, 6) is 4.90. The third-order valence-electron chi connectivity index (χ3n) is 0.464. The predicted octanol–water partition coefficient (Wildman–Crippen LogP) is 0.540. The van der Waals surface area contributed by atoms with Gasteiger partial charge in [-0.15, -0.1) is 0 Å². The maximum Gasteiger partial charge on any atom is 0.0125 e. The fraction of sp³-hybridized carbons (Fsp3) is 0.200. The highest BCUT2D eigenvalue weighted by molar-refractivity contribution is 5.09. The Kier molecular flexibility index (Phi) is 3.06. The molecule has 40 valence electrons. The van der Waals surface area contributed by atoms with E-state index in [2.05, 4.69) is 12.0 Å². The van der Waals surface area contributed by atoms with Crippen LogP contribution in [0.15, 0.2) is 24.4 Å². The van der Waals surface area contributed by atoms with Gasteiger partial charge in [-0.05, 0) is 13.0 Å². The van der Waals surface area contributed by atoms with Crippen molar-refractivity contribution in [3.8, 4) is 0 Å². The molecule has 2 heteroatoms. The molecule has 0 saturated heterocycles. The summed E-state index contributed by atoms with van der Waals surface area (Å²) in [5, 5.41) is 0. The lowest BCUT2D eigenvalue weighted by Gasteiger charge is -1.83. The summed E-state index contributed by atoms with van der Waals surface area (Å²) in [5.41, 5.74) is 3.34. The first-order valence-electron chi connectivity index (χ1n) is 2.05. The smallest absolute Gasteiger partial charge is 0.0125 e. The molecule has 0 radical (unpaired) electrons. The molecule has 0 aromatic rings. The van der Waals surface area contributed by atoms with Crippen LogP contribution in [0, 0.1) is 0 Å². The molecular weight excluding hydrogens is 88.1 g/mol. The predicted molar refractivity (Wildman–Crippen MR) is 31.3 cm³/mol. The van der Waals surface area contributed by atoms with Crippen molar-refractivity contribution in [1.29, 1.82) is 0 Å².